The van der Waals surface area contributed by atoms with Gasteiger partial charge in [-0.05, 0) is 37.5 Å². The second-order valence-corrected chi connectivity index (χ2v) is 9.50. The van der Waals surface area contributed by atoms with E-state index in [1.807, 2.05) is 0 Å². The lowest BCUT2D eigenvalue weighted by atomic mass is 9.41. The van der Waals surface area contributed by atoms with Crippen molar-refractivity contribution in [2.45, 2.75) is 89.6 Å². The van der Waals surface area contributed by atoms with E-state index < -0.39 is 18.0 Å². The van der Waals surface area contributed by atoms with Gasteiger partial charge in [0.05, 0.1) is 25.2 Å². The highest BCUT2D eigenvalue weighted by molar-refractivity contribution is 5.24. The van der Waals surface area contributed by atoms with Gasteiger partial charge in [0.25, 0.3) is 0 Å². The number of aliphatic hydroxyl groups is 2. The Morgan fingerprint density at radius 1 is 1.11 bits per heavy atom. The lowest BCUT2D eigenvalue weighted by molar-refractivity contribution is -0.384. The van der Waals surface area contributed by atoms with Gasteiger partial charge in [-0.25, -0.2) is 0 Å². The number of rotatable bonds is 3. The summed E-state index contributed by atoms with van der Waals surface area (Å²) in [6, 6.07) is 0. The first-order valence-electron chi connectivity index (χ1n) is 11.2. The van der Waals surface area contributed by atoms with Gasteiger partial charge in [-0.2, -0.15) is 0 Å². The van der Waals surface area contributed by atoms with Crippen LogP contribution in [0.4, 0.5) is 0 Å². The summed E-state index contributed by atoms with van der Waals surface area (Å²) in [4.78, 5) is 0. The Morgan fingerprint density at radius 3 is 2.48 bits per heavy atom. The summed E-state index contributed by atoms with van der Waals surface area (Å²) < 4.78 is 12.3. The van der Waals surface area contributed by atoms with E-state index in [-0.39, 0.29) is 23.2 Å². The van der Waals surface area contributed by atoms with Gasteiger partial charge in [0.1, 0.15) is 6.10 Å². The number of hydrogen-bond acceptors (Lipinski definition) is 4. The molecular formula is C23H36O4. The zero-order valence-electron chi connectivity index (χ0n) is 17.0. The third kappa shape index (κ3) is 3.15. The molecule has 4 rings (SSSR count). The number of aliphatic hydroxyl groups excluding tert-OH is 2. The molecule has 1 unspecified atom stereocenters. The Balaban J connectivity index is 1.49. The zero-order chi connectivity index (χ0) is 19.1. The SMILES string of the molecule is CCC1[C@H]2[C@H](C#C[C@@H](O)CC3CCCCC3)[C@@H](O)CC[C@@]2(C)C12OCCO2. The fraction of sp³-hybridized carbons (Fsp3) is 0.913. The monoisotopic (exact) mass is 376 g/mol. The first kappa shape index (κ1) is 19.7. The molecule has 0 aromatic heterocycles. The summed E-state index contributed by atoms with van der Waals surface area (Å²) in [5.74, 6) is 7.04. The predicted molar refractivity (Wildman–Crippen MR) is 104 cm³/mol. The van der Waals surface area contributed by atoms with Gasteiger partial charge < -0.3 is 19.7 Å². The summed E-state index contributed by atoms with van der Waals surface area (Å²) in [5.41, 5.74) is -0.0862. The fourth-order valence-electron chi connectivity index (χ4n) is 6.76. The van der Waals surface area contributed by atoms with E-state index in [0.717, 1.165) is 25.7 Å². The minimum atomic E-state index is -0.568. The van der Waals surface area contributed by atoms with Crippen molar-refractivity contribution in [2.75, 3.05) is 13.2 Å². The van der Waals surface area contributed by atoms with Crippen LogP contribution in [0.5, 0.6) is 0 Å². The summed E-state index contributed by atoms with van der Waals surface area (Å²) in [6.45, 7) is 5.77. The first-order valence-corrected chi connectivity index (χ1v) is 11.2. The van der Waals surface area contributed by atoms with Gasteiger partial charge in [-0.3, -0.25) is 0 Å². The number of hydrogen-bond donors (Lipinski definition) is 2. The minimum absolute atomic E-state index is 0.0862. The van der Waals surface area contributed by atoms with E-state index >= 15 is 0 Å². The smallest absolute Gasteiger partial charge is 0.177 e. The Hall–Kier alpha value is -0.600. The van der Waals surface area contributed by atoms with Crippen LogP contribution in [-0.2, 0) is 9.47 Å². The molecule has 1 saturated heterocycles. The molecule has 4 nitrogen and oxygen atoms in total. The summed E-state index contributed by atoms with van der Waals surface area (Å²) in [7, 11) is 0. The number of fused-ring (bicyclic) bond motifs is 2. The van der Waals surface area contributed by atoms with Gasteiger partial charge in [0.2, 0.25) is 0 Å². The quantitative estimate of drug-likeness (QED) is 0.740. The van der Waals surface area contributed by atoms with Gasteiger partial charge in [-0.1, -0.05) is 57.8 Å². The molecule has 4 aliphatic rings. The molecule has 152 valence electrons. The van der Waals surface area contributed by atoms with Crippen molar-refractivity contribution in [3.63, 3.8) is 0 Å². The van der Waals surface area contributed by atoms with Crippen LogP contribution in [-0.4, -0.2) is 41.4 Å². The fourth-order valence-corrected chi connectivity index (χ4v) is 6.76. The van der Waals surface area contributed by atoms with E-state index in [1.165, 1.54) is 32.1 Å². The molecule has 0 radical (unpaired) electrons. The molecule has 6 atom stereocenters. The molecule has 0 aromatic carbocycles. The lowest BCUT2D eigenvalue weighted by Gasteiger charge is -2.68. The molecule has 1 heterocycles. The van der Waals surface area contributed by atoms with Crippen LogP contribution in [0.15, 0.2) is 0 Å². The largest absolute Gasteiger partial charge is 0.392 e. The molecule has 3 aliphatic carbocycles. The van der Waals surface area contributed by atoms with Crippen LogP contribution in [0.25, 0.3) is 0 Å². The molecular weight excluding hydrogens is 340 g/mol. The third-order valence-electron chi connectivity index (χ3n) is 8.07. The molecule has 1 aliphatic heterocycles. The van der Waals surface area contributed by atoms with Crippen molar-refractivity contribution in [3.8, 4) is 11.8 Å². The van der Waals surface area contributed by atoms with Crippen molar-refractivity contribution in [3.05, 3.63) is 0 Å². The molecule has 3 saturated carbocycles. The zero-order valence-corrected chi connectivity index (χ0v) is 17.0. The Bertz CT molecular complexity index is 581. The first-order chi connectivity index (χ1) is 13.0. The average molecular weight is 377 g/mol. The average Bonchev–Trinajstić information content (AvgIpc) is 3.18. The van der Waals surface area contributed by atoms with Crippen LogP contribution >= 0.6 is 0 Å². The second-order valence-electron chi connectivity index (χ2n) is 9.50. The Labute approximate surface area is 164 Å². The molecule has 0 bridgehead atoms. The van der Waals surface area contributed by atoms with Crippen molar-refractivity contribution >= 4 is 0 Å². The second kappa shape index (κ2) is 7.67. The molecule has 4 heteroatoms. The molecule has 1 spiro atoms. The van der Waals surface area contributed by atoms with Crippen molar-refractivity contribution < 1.29 is 19.7 Å². The summed E-state index contributed by atoms with van der Waals surface area (Å²) in [6.07, 6.45) is 8.76. The highest BCUT2D eigenvalue weighted by Crippen LogP contribution is 2.70. The van der Waals surface area contributed by atoms with E-state index in [4.69, 9.17) is 9.47 Å². The van der Waals surface area contributed by atoms with Gasteiger partial charge in [0.15, 0.2) is 5.79 Å². The van der Waals surface area contributed by atoms with Crippen LogP contribution in [0.1, 0.15) is 71.6 Å². The molecule has 2 N–H and O–H groups in total. The van der Waals surface area contributed by atoms with E-state index in [2.05, 4.69) is 25.7 Å². The maximum absolute atomic E-state index is 10.7. The topological polar surface area (TPSA) is 58.9 Å². The number of ether oxygens (including phenoxy) is 2. The Morgan fingerprint density at radius 2 is 1.81 bits per heavy atom. The Kier molecular flexibility index (Phi) is 5.60. The van der Waals surface area contributed by atoms with E-state index in [9.17, 15) is 10.2 Å². The van der Waals surface area contributed by atoms with Crippen LogP contribution < -0.4 is 0 Å². The summed E-state index contributed by atoms with van der Waals surface area (Å²) >= 11 is 0. The van der Waals surface area contributed by atoms with E-state index in [0.29, 0.717) is 19.1 Å². The van der Waals surface area contributed by atoms with Gasteiger partial charge >= 0.3 is 0 Å². The van der Waals surface area contributed by atoms with Crippen molar-refractivity contribution in [2.24, 2.45) is 29.1 Å². The van der Waals surface area contributed by atoms with Gasteiger partial charge in [0, 0.05) is 11.3 Å². The summed E-state index contributed by atoms with van der Waals surface area (Å²) in [5, 5.41) is 21.2. The molecule has 4 fully saturated rings. The third-order valence-corrected chi connectivity index (χ3v) is 8.07. The minimum Gasteiger partial charge on any atom is -0.392 e. The normalized spacial score (nSPS) is 42.1. The standard InChI is InChI=1S/C23H36O4/c1-3-19-21-18(10-9-17(24)15-16-7-5-4-6-8-16)20(25)11-12-22(21,2)23(19)26-13-14-27-23/h16-21,24-25H,3-8,11-15H2,1-2H3/t17-,18-,19?,20+,21-,22-/m1/s1. The molecule has 0 aromatic rings. The molecule has 27 heavy (non-hydrogen) atoms. The van der Waals surface area contributed by atoms with Crippen LogP contribution in [0.3, 0.4) is 0 Å². The highest BCUT2D eigenvalue weighted by Gasteiger charge is 2.75. The van der Waals surface area contributed by atoms with Gasteiger partial charge in [-0.15, -0.1) is 0 Å². The van der Waals surface area contributed by atoms with E-state index in [1.54, 1.807) is 0 Å². The maximum Gasteiger partial charge on any atom is 0.177 e. The highest BCUT2D eigenvalue weighted by atomic mass is 16.7. The van der Waals surface area contributed by atoms with Crippen molar-refractivity contribution in [1.29, 1.82) is 0 Å². The van der Waals surface area contributed by atoms with Crippen LogP contribution in [0, 0.1) is 40.9 Å². The lowest BCUT2D eigenvalue weighted by Crippen LogP contribution is -2.74. The van der Waals surface area contributed by atoms with Crippen molar-refractivity contribution in [1.82, 2.24) is 0 Å². The van der Waals surface area contributed by atoms with Crippen LogP contribution in [0.2, 0.25) is 0 Å². The predicted octanol–water partition coefficient (Wildman–Crippen LogP) is 3.50. The molecule has 0 amide bonds. The maximum atomic E-state index is 10.7.